The Kier molecular flexibility index (Phi) is 15.0. The Bertz CT molecular complexity index is 1170. The van der Waals surface area contributed by atoms with Gasteiger partial charge in [0.15, 0.2) is 0 Å². The minimum Gasteiger partial charge on any atom is -0.358 e. The summed E-state index contributed by atoms with van der Waals surface area (Å²) in [5.41, 5.74) is 0. The molecule has 0 amide bonds. The Morgan fingerprint density at radius 1 is 0.220 bits per heavy atom. The van der Waals surface area contributed by atoms with Gasteiger partial charge in [-0.05, 0) is 47.7 Å². The van der Waals surface area contributed by atoms with Crippen LogP contribution in [0.25, 0.3) is 0 Å². The second kappa shape index (κ2) is 18.2. The van der Waals surface area contributed by atoms with E-state index in [2.05, 4.69) is 182 Å². The van der Waals surface area contributed by atoms with E-state index in [1.807, 2.05) is 0 Å². The summed E-state index contributed by atoms with van der Waals surface area (Å²) in [5, 5.41) is 8.39. The van der Waals surface area contributed by atoms with E-state index < -0.39 is 15.8 Å². The van der Waals surface area contributed by atoms with Crippen molar-refractivity contribution < 1.29 is 16.5 Å². The van der Waals surface area contributed by atoms with Crippen LogP contribution < -0.4 is 31.8 Å². The second-order valence-electron chi connectivity index (χ2n) is 8.68. The molecule has 41 heavy (non-hydrogen) atoms. The maximum absolute atomic E-state index is 2.23. The molecule has 0 spiro atoms. The second-order valence-corrected chi connectivity index (χ2v) is 13.1. The first-order valence-electron chi connectivity index (χ1n) is 12.8. The number of rotatable bonds is 6. The van der Waals surface area contributed by atoms with Crippen molar-refractivity contribution in [3.05, 3.63) is 197 Å². The van der Waals surface area contributed by atoms with Gasteiger partial charge in [-0.2, -0.15) is 0 Å². The monoisotopic (exact) mass is 612 g/mol. The van der Waals surface area contributed by atoms with Crippen LogP contribution >= 0.6 is 15.8 Å². The van der Waals surface area contributed by atoms with Crippen molar-refractivity contribution in [2.24, 2.45) is 0 Å². The fourth-order valence-electron chi connectivity index (χ4n) is 4.36. The Labute approximate surface area is 260 Å². The van der Waals surface area contributed by atoms with E-state index in [9.17, 15) is 0 Å². The molecule has 0 N–H and O–H groups in total. The largest absolute Gasteiger partial charge is 2.00 e. The van der Waals surface area contributed by atoms with E-state index in [-0.39, 0.29) is 31.3 Å². The van der Waals surface area contributed by atoms with Crippen LogP contribution in [0.5, 0.6) is 0 Å². The zero-order chi connectivity index (χ0) is 25.8. The van der Waals surface area contributed by atoms with Gasteiger partial charge >= 0.3 is 16.5 Å². The molecule has 0 unspecified atom stereocenters. The van der Waals surface area contributed by atoms with E-state index in [1.165, 1.54) is 31.8 Å². The van der Waals surface area contributed by atoms with Crippen molar-refractivity contribution in [1.82, 2.24) is 0 Å². The van der Waals surface area contributed by atoms with E-state index in [0.717, 1.165) is 0 Å². The van der Waals surface area contributed by atoms with Crippen LogP contribution in [0.15, 0.2) is 182 Å². The third-order valence-corrected chi connectivity index (χ3v) is 11.0. The Morgan fingerprint density at radius 2 is 0.341 bits per heavy atom. The molecule has 208 valence electrons. The molecule has 0 saturated carbocycles. The quantitative estimate of drug-likeness (QED) is 0.102. The average Bonchev–Trinajstić information content (AvgIpc) is 3.01. The molecule has 6 rings (SSSR count). The SMILES string of the molecule is [CH3-].[CH3-].[Ni+2].c1ccc(P(c2ccccc2)c2ccccc2)cc1.c1ccc(P(c2ccccc2)c2ccccc2)cc1. The Balaban J connectivity index is 0.000000267. The van der Waals surface area contributed by atoms with Crippen molar-refractivity contribution in [3.63, 3.8) is 0 Å². The maximum Gasteiger partial charge on any atom is 2.00 e. The molecule has 0 heterocycles. The third-order valence-electron chi connectivity index (χ3n) is 6.09. The van der Waals surface area contributed by atoms with Crippen molar-refractivity contribution >= 4 is 47.7 Å². The van der Waals surface area contributed by atoms with Crippen LogP contribution in [0, 0.1) is 14.9 Å². The molecule has 0 aliphatic heterocycles. The molecule has 6 aromatic carbocycles. The fourth-order valence-corrected chi connectivity index (χ4v) is 8.97. The molecule has 0 radical (unpaired) electrons. The van der Waals surface area contributed by atoms with Crippen LogP contribution in [0.3, 0.4) is 0 Å². The van der Waals surface area contributed by atoms with Gasteiger partial charge in [0.25, 0.3) is 0 Å². The summed E-state index contributed by atoms with van der Waals surface area (Å²) >= 11 is 0. The van der Waals surface area contributed by atoms with Crippen molar-refractivity contribution in [1.29, 1.82) is 0 Å². The summed E-state index contributed by atoms with van der Waals surface area (Å²) in [4.78, 5) is 0. The van der Waals surface area contributed by atoms with Gasteiger partial charge in [0.05, 0.1) is 0 Å². The van der Waals surface area contributed by atoms with Crippen LogP contribution in [0.4, 0.5) is 0 Å². The van der Waals surface area contributed by atoms with Crippen LogP contribution in [0.2, 0.25) is 0 Å². The number of benzene rings is 6. The molecule has 6 aromatic rings. The van der Waals surface area contributed by atoms with Gasteiger partial charge in [-0.1, -0.05) is 182 Å². The van der Waals surface area contributed by atoms with E-state index in [4.69, 9.17) is 0 Å². The molecule has 0 aliphatic carbocycles. The minimum atomic E-state index is -0.446. The third kappa shape index (κ3) is 9.35. The van der Waals surface area contributed by atoms with Gasteiger partial charge in [-0.15, -0.1) is 0 Å². The molecule has 0 saturated heterocycles. The van der Waals surface area contributed by atoms with E-state index in [0.29, 0.717) is 0 Å². The van der Waals surface area contributed by atoms with Gasteiger partial charge in [0, 0.05) is 0 Å². The fraction of sp³-hybridized carbons (Fsp3) is 0. The number of hydrogen-bond donors (Lipinski definition) is 0. The first-order chi connectivity index (χ1) is 18.9. The summed E-state index contributed by atoms with van der Waals surface area (Å²) < 4.78 is 0. The summed E-state index contributed by atoms with van der Waals surface area (Å²) in [5.74, 6) is 0. The van der Waals surface area contributed by atoms with Crippen molar-refractivity contribution in [3.8, 4) is 0 Å². The molecular weight excluding hydrogens is 577 g/mol. The van der Waals surface area contributed by atoms with Gasteiger partial charge < -0.3 is 14.9 Å². The zero-order valence-electron chi connectivity index (χ0n) is 23.5. The minimum absolute atomic E-state index is 0. The summed E-state index contributed by atoms with van der Waals surface area (Å²) in [6, 6.07) is 64.7. The molecule has 0 nitrogen and oxygen atoms in total. The standard InChI is InChI=1S/2C18H15P.2CH3.Ni/c2*1-4-10-16(11-5-1)19(17-12-6-2-7-13-17)18-14-8-3-9-15-18;;;/h2*1-15H;2*1H3;/q;;2*-1;+2. The topological polar surface area (TPSA) is 0 Å². The van der Waals surface area contributed by atoms with Crippen LogP contribution in [-0.4, -0.2) is 0 Å². The maximum atomic E-state index is 2.23. The van der Waals surface area contributed by atoms with Gasteiger partial charge in [-0.25, -0.2) is 0 Å². The Hall–Kier alpha value is -3.33. The summed E-state index contributed by atoms with van der Waals surface area (Å²) in [6.07, 6.45) is 0. The molecule has 0 bridgehead atoms. The molecule has 0 fully saturated rings. The molecule has 0 aromatic heterocycles. The molecular formula is C38H36NiP2. The smallest absolute Gasteiger partial charge is 0.358 e. The first kappa shape index (κ1) is 33.9. The van der Waals surface area contributed by atoms with E-state index in [1.54, 1.807) is 0 Å². The predicted molar refractivity (Wildman–Crippen MR) is 183 cm³/mol. The summed E-state index contributed by atoms with van der Waals surface area (Å²) in [7, 11) is -0.892. The number of hydrogen-bond acceptors (Lipinski definition) is 0. The molecule has 0 aliphatic rings. The Morgan fingerprint density at radius 3 is 0.463 bits per heavy atom. The predicted octanol–water partition coefficient (Wildman–Crippen LogP) is 7.79. The average molecular weight is 613 g/mol. The van der Waals surface area contributed by atoms with Crippen molar-refractivity contribution in [2.45, 2.75) is 0 Å². The van der Waals surface area contributed by atoms with Crippen LogP contribution in [0.1, 0.15) is 0 Å². The van der Waals surface area contributed by atoms with Gasteiger partial charge in [0.2, 0.25) is 0 Å². The zero-order valence-corrected chi connectivity index (χ0v) is 26.3. The van der Waals surface area contributed by atoms with Crippen molar-refractivity contribution in [2.75, 3.05) is 0 Å². The van der Waals surface area contributed by atoms with Crippen LogP contribution in [-0.2, 0) is 16.5 Å². The normalized spacial score (nSPS) is 9.80. The van der Waals surface area contributed by atoms with E-state index >= 15 is 0 Å². The van der Waals surface area contributed by atoms with Gasteiger partial charge in [0.1, 0.15) is 0 Å². The van der Waals surface area contributed by atoms with Gasteiger partial charge in [-0.3, -0.25) is 0 Å². The first-order valence-corrected chi connectivity index (χ1v) is 15.5. The molecule has 3 heteroatoms. The molecule has 0 atom stereocenters. The summed E-state index contributed by atoms with van der Waals surface area (Å²) in [6.45, 7) is 0.